The average Bonchev–Trinajstić information content (AvgIpc) is 2.96. The number of aromatic nitrogens is 2. The third kappa shape index (κ3) is 2.13. The highest BCUT2D eigenvalue weighted by atomic mass is 16.5. The lowest BCUT2D eigenvalue weighted by molar-refractivity contribution is 0.353. The number of hydrogen-bond donors (Lipinski definition) is 2. The van der Waals surface area contributed by atoms with Crippen LogP contribution in [-0.2, 0) is 0 Å². The van der Waals surface area contributed by atoms with Crippen molar-refractivity contribution in [2.45, 2.75) is 26.2 Å². The molecule has 1 aromatic carbocycles. The van der Waals surface area contributed by atoms with Crippen LogP contribution in [0.4, 0.5) is 0 Å². The summed E-state index contributed by atoms with van der Waals surface area (Å²) in [6.07, 6.45) is 0.933. The van der Waals surface area contributed by atoms with Crippen LogP contribution in [0.3, 0.4) is 0 Å². The van der Waals surface area contributed by atoms with Gasteiger partial charge in [-0.2, -0.15) is 5.26 Å². The van der Waals surface area contributed by atoms with Crippen molar-refractivity contribution >= 4 is 0 Å². The second-order valence-corrected chi connectivity index (χ2v) is 5.54. The van der Waals surface area contributed by atoms with Gasteiger partial charge in [-0.05, 0) is 11.5 Å². The van der Waals surface area contributed by atoms with Gasteiger partial charge in [0.05, 0.1) is 16.8 Å². The van der Waals surface area contributed by atoms with Crippen LogP contribution >= 0.6 is 0 Å². The number of allylic oxidation sites excluding steroid dienone is 1. The van der Waals surface area contributed by atoms with Gasteiger partial charge in [0, 0.05) is 5.92 Å². The van der Waals surface area contributed by atoms with Crippen LogP contribution in [-0.4, -0.2) is 10.2 Å². The normalized spacial score (nSPS) is 18.3. The van der Waals surface area contributed by atoms with Crippen LogP contribution in [0.5, 0.6) is 5.88 Å². The summed E-state index contributed by atoms with van der Waals surface area (Å²) in [7, 11) is 0. The Morgan fingerprint density at radius 2 is 2.14 bits per heavy atom. The zero-order chi connectivity index (χ0) is 15.7. The smallest absolute Gasteiger partial charge is 0.244 e. The second-order valence-electron chi connectivity index (χ2n) is 5.54. The summed E-state index contributed by atoms with van der Waals surface area (Å²) in [5.41, 5.74) is 9.23. The molecule has 1 aliphatic heterocycles. The molecule has 0 saturated heterocycles. The van der Waals surface area contributed by atoms with Crippen LogP contribution in [0.2, 0.25) is 0 Å². The summed E-state index contributed by atoms with van der Waals surface area (Å²) in [6.45, 7) is 4.22. The van der Waals surface area contributed by atoms with Crippen LogP contribution in [0, 0.1) is 17.2 Å². The molecule has 2 aromatic rings. The highest BCUT2D eigenvalue weighted by molar-refractivity contribution is 5.69. The minimum atomic E-state index is -0.104. The van der Waals surface area contributed by atoms with Crippen molar-refractivity contribution in [2.75, 3.05) is 0 Å². The number of nitrogens with zero attached hydrogens (tertiary/aromatic N) is 2. The molecule has 3 N–H and O–H groups in total. The zero-order valence-corrected chi connectivity index (χ0v) is 12.6. The molecule has 0 aliphatic carbocycles. The first-order valence-electron chi connectivity index (χ1n) is 7.38. The molecular weight excluding hydrogens is 276 g/mol. The van der Waals surface area contributed by atoms with Gasteiger partial charge in [0.1, 0.15) is 6.07 Å². The number of nitrogens with one attached hydrogen (secondary N) is 1. The SMILES string of the molecule is CC[C@H](C)[C@@H]1C(C#N)=C(N)Oc2n[nH]c(-c3ccccc3)c21. The molecule has 112 valence electrons. The minimum Gasteiger partial charge on any atom is -0.420 e. The predicted molar refractivity (Wildman–Crippen MR) is 83.7 cm³/mol. The molecule has 1 aliphatic rings. The van der Waals surface area contributed by atoms with Gasteiger partial charge in [0.2, 0.25) is 11.8 Å². The number of hydrogen-bond acceptors (Lipinski definition) is 4. The van der Waals surface area contributed by atoms with Gasteiger partial charge in [-0.15, -0.1) is 5.10 Å². The lowest BCUT2D eigenvalue weighted by atomic mass is 9.78. The first kappa shape index (κ1) is 14.2. The molecule has 22 heavy (non-hydrogen) atoms. The highest BCUT2D eigenvalue weighted by Crippen LogP contribution is 2.46. The summed E-state index contributed by atoms with van der Waals surface area (Å²) in [4.78, 5) is 0. The lowest BCUT2D eigenvalue weighted by Gasteiger charge is -2.27. The van der Waals surface area contributed by atoms with E-state index in [1.54, 1.807) is 0 Å². The number of fused-ring (bicyclic) bond motifs is 1. The molecule has 0 amide bonds. The first-order valence-corrected chi connectivity index (χ1v) is 7.38. The molecule has 2 atom stereocenters. The fourth-order valence-electron chi connectivity index (χ4n) is 2.91. The third-order valence-corrected chi connectivity index (χ3v) is 4.26. The van der Waals surface area contributed by atoms with E-state index in [4.69, 9.17) is 10.5 Å². The molecule has 0 radical (unpaired) electrons. The van der Waals surface area contributed by atoms with Crippen LogP contribution in [0.25, 0.3) is 11.3 Å². The van der Waals surface area contributed by atoms with Crippen molar-refractivity contribution in [1.29, 1.82) is 5.26 Å². The number of ether oxygens (including phenoxy) is 1. The molecule has 0 bridgehead atoms. The number of rotatable bonds is 3. The molecular formula is C17H18N4O. The Hall–Kier alpha value is -2.74. The van der Waals surface area contributed by atoms with E-state index in [-0.39, 0.29) is 17.7 Å². The number of nitriles is 1. The zero-order valence-electron chi connectivity index (χ0n) is 12.6. The van der Waals surface area contributed by atoms with E-state index in [1.165, 1.54) is 0 Å². The number of benzene rings is 1. The van der Waals surface area contributed by atoms with E-state index < -0.39 is 0 Å². The van der Waals surface area contributed by atoms with E-state index >= 15 is 0 Å². The van der Waals surface area contributed by atoms with E-state index in [9.17, 15) is 5.26 Å². The molecule has 0 fully saturated rings. The predicted octanol–water partition coefficient (Wildman–Crippen LogP) is 3.29. The fraction of sp³-hybridized carbons (Fsp3) is 0.294. The van der Waals surface area contributed by atoms with Gasteiger partial charge in [-0.1, -0.05) is 50.6 Å². The van der Waals surface area contributed by atoms with Crippen molar-refractivity contribution in [3.8, 4) is 23.2 Å². The molecule has 0 saturated carbocycles. The minimum absolute atomic E-state index is 0.104. The van der Waals surface area contributed by atoms with E-state index in [0.717, 1.165) is 23.2 Å². The van der Waals surface area contributed by atoms with Gasteiger partial charge in [-0.25, -0.2) is 0 Å². The molecule has 1 aromatic heterocycles. The van der Waals surface area contributed by atoms with Crippen molar-refractivity contribution in [3.05, 3.63) is 47.4 Å². The standard InChI is InChI=1S/C17H18N4O/c1-3-10(2)13-12(9-18)16(19)22-17-14(13)15(20-21-17)11-7-5-4-6-8-11/h4-8,10,13H,3,19H2,1-2H3,(H,20,21)/t10-,13+/m0/s1. The molecule has 5 heteroatoms. The fourth-order valence-corrected chi connectivity index (χ4v) is 2.91. The summed E-state index contributed by atoms with van der Waals surface area (Å²) in [6, 6.07) is 12.1. The molecule has 5 nitrogen and oxygen atoms in total. The van der Waals surface area contributed by atoms with Crippen molar-refractivity contribution < 1.29 is 4.74 Å². The van der Waals surface area contributed by atoms with Gasteiger partial charge in [0.25, 0.3) is 0 Å². The van der Waals surface area contributed by atoms with Crippen molar-refractivity contribution in [1.82, 2.24) is 10.2 Å². The molecule has 0 spiro atoms. The first-order chi connectivity index (χ1) is 10.7. The number of H-pyrrole nitrogens is 1. The van der Waals surface area contributed by atoms with Gasteiger partial charge < -0.3 is 10.5 Å². The van der Waals surface area contributed by atoms with Crippen LogP contribution in [0.15, 0.2) is 41.8 Å². The van der Waals surface area contributed by atoms with E-state index in [1.807, 2.05) is 30.3 Å². The van der Waals surface area contributed by atoms with Gasteiger partial charge in [0.15, 0.2) is 0 Å². The van der Waals surface area contributed by atoms with E-state index in [2.05, 4.69) is 30.1 Å². The molecule has 0 unspecified atom stereocenters. The topological polar surface area (TPSA) is 87.7 Å². The van der Waals surface area contributed by atoms with Crippen LogP contribution < -0.4 is 10.5 Å². The largest absolute Gasteiger partial charge is 0.420 e. The number of aromatic amines is 1. The molecule has 2 heterocycles. The van der Waals surface area contributed by atoms with Crippen molar-refractivity contribution in [3.63, 3.8) is 0 Å². The maximum atomic E-state index is 9.50. The third-order valence-electron chi connectivity index (χ3n) is 4.26. The number of nitrogens with two attached hydrogens (primary N) is 1. The summed E-state index contributed by atoms with van der Waals surface area (Å²) >= 11 is 0. The van der Waals surface area contributed by atoms with Crippen molar-refractivity contribution in [2.24, 2.45) is 11.7 Å². The molecule has 3 rings (SSSR count). The monoisotopic (exact) mass is 294 g/mol. The lowest BCUT2D eigenvalue weighted by Crippen LogP contribution is -2.23. The summed E-state index contributed by atoms with van der Waals surface area (Å²) < 4.78 is 5.55. The maximum Gasteiger partial charge on any atom is 0.244 e. The quantitative estimate of drug-likeness (QED) is 0.909. The highest BCUT2D eigenvalue weighted by Gasteiger charge is 2.36. The Morgan fingerprint density at radius 3 is 2.77 bits per heavy atom. The van der Waals surface area contributed by atoms with Gasteiger partial charge in [-0.3, -0.25) is 5.10 Å². The summed E-state index contributed by atoms with van der Waals surface area (Å²) in [5, 5.41) is 16.8. The maximum absolute atomic E-state index is 9.50. The Labute approximate surface area is 129 Å². The Bertz CT molecular complexity index is 755. The van der Waals surface area contributed by atoms with E-state index in [0.29, 0.717) is 11.5 Å². The Balaban J connectivity index is 2.19. The average molecular weight is 294 g/mol. The Morgan fingerprint density at radius 1 is 1.41 bits per heavy atom. The Kier molecular flexibility index (Phi) is 3.60. The van der Waals surface area contributed by atoms with Gasteiger partial charge >= 0.3 is 0 Å². The van der Waals surface area contributed by atoms with Crippen LogP contribution in [0.1, 0.15) is 31.7 Å². The second kappa shape index (κ2) is 5.57. The summed E-state index contributed by atoms with van der Waals surface area (Å²) in [5.74, 6) is 0.788.